The monoisotopic (exact) mass is 442 g/mol. The number of esters is 1. The average molecular weight is 443 g/mol. The highest BCUT2D eigenvalue weighted by Crippen LogP contribution is 2.37. The van der Waals surface area contributed by atoms with Crippen molar-refractivity contribution >= 4 is 28.2 Å². The first-order valence-corrected chi connectivity index (χ1v) is 11.1. The molecule has 0 saturated carbocycles. The van der Waals surface area contributed by atoms with Gasteiger partial charge in [0.15, 0.2) is 18.1 Å². The van der Waals surface area contributed by atoms with Gasteiger partial charge >= 0.3 is 5.97 Å². The molecule has 3 rings (SSSR count). The Kier molecular flexibility index (Phi) is 7.53. The van der Waals surface area contributed by atoms with Crippen LogP contribution in [0.2, 0.25) is 0 Å². The number of fused-ring (bicyclic) bond motifs is 1. The van der Waals surface area contributed by atoms with Crippen molar-refractivity contribution in [3.8, 4) is 17.6 Å². The molecule has 1 aromatic carbocycles. The molecule has 1 heterocycles. The molecule has 0 radical (unpaired) electrons. The van der Waals surface area contributed by atoms with Crippen molar-refractivity contribution in [3.63, 3.8) is 0 Å². The Morgan fingerprint density at radius 2 is 2.00 bits per heavy atom. The molecule has 8 heteroatoms. The third kappa shape index (κ3) is 5.56. The van der Waals surface area contributed by atoms with Crippen LogP contribution in [0.25, 0.3) is 0 Å². The van der Waals surface area contributed by atoms with Crippen molar-refractivity contribution in [1.29, 1.82) is 5.26 Å². The third-order valence-electron chi connectivity index (χ3n) is 4.84. The van der Waals surface area contributed by atoms with E-state index in [1.54, 1.807) is 12.1 Å². The third-order valence-corrected chi connectivity index (χ3v) is 6.05. The fourth-order valence-corrected chi connectivity index (χ4v) is 4.58. The van der Waals surface area contributed by atoms with Gasteiger partial charge in [-0.1, -0.05) is 13.8 Å². The van der Waals surface area contributed by atoms with E-state index in [0.717, 1.165) is 36.1 Å². The molecule has 1 aliphatic rings. The molecule has 7 nitrogen and oxygen atoms in total. The van der Waals surface area contributed by atoms with E-state index < -0.39 is 18.5 Å². The fraction of sp³-hybridized carbons (Fsp3) is 0.435. The molecule has 0 saturated heterocycles. The van der Waals surface area contributed by atoms with Crippen LogP contribution >= 0.6 is 11.3 Å². The van der Waals surface area contributed by atoms with Crippen molar-refractivity contribution < 1.29 is 23.8 Å². The molecule has 0 spiro atoms. The number of hydrogen-bond acceptors (Lipinski definition) is 7. The lowest BCUT2D eigenvalue weighted by atomic mass is 9.96. The number of amides is 1. The van der Waals surface area contributed by atoms with E-state index in [2.05, 4.69) is 11.4 Å². The average Bonchev–Trinajstić information content (AvgIpc) is 3.12. The number of carbonyl (C=O) groups excluding carboxylic acids is 2. The minimum Gasteiger partial charge on any atom is -0.493 e. The predicted octanol–water partition coefficient (Wildman–Crippen LogP) is 4.34. The maximum atomic E-state index is 12.4. The lowest BCUT2D eigenvalue weighted by Gasteiger charge is -2.13. The van der Waals surface area contributed by atoms with Crippen LogP contribution in [0.4, 0.5) is 5.00 Å². The van der Waals surface area contributed by atoms with Crippen LogP contribution in [0, 0.1) is 17.2 Å². The first-order chi connectivity index (χ1) is 14.9. The van der Waals surface area contributed by atoms with Gasteiger partial charge in [-0.05, 0) is 55.4 Å². The number of nitrogens with zero attached hydrogens (tertiary/aromatic N) is 1. The second-order valence-electron chi connectivity index (χ2n) is 7.72. The molecule has 1 N–H and O–H groups in total. The molecular weight excluding hydrogens is 416 g/mol. The molecule has 0 aliphatic heterocycles. The van der Waals surface area contributed by atoms with Crippen molar-refractivity contribution in [3.05, 3.63) is 39.8 Å². The van der Waals surface area contributed by atoms with Crippen molar-refractivity contribution in [2.75, 3.05) is 25.6 Å². The van der Waals surface area contributed by atoms with Crippen molar-refractivity contribution in [1.82, 2.24) is 0 Å². The summed E-state index contributed by atoms with van der Waals surface area (Å²) in [6, 6.07) is 6.94. The molecule has 0 bridgehead atoms. The van der Waals surface area contributed by atoms with Gasteiger partial charge in [0.2, 0.25) is 0 Å². The first kappa shape index (κ1) is 22.6. The highest BCUT2D eigenvalue weighted by atomic mass is 32.1. The van der Waals surface area contributed by atoms with Gasteiger partial charge in [0, 0.05) is 4.88 Å². The summed E-state index contributed by atoms with van der Waals surface area (Å²) in [7, 11) is 1.49. The number of carbonyl (C=O) groups is 2. The first-order valence-electron chi connectivity index (χ1n) is 10.2. The summed E-state index contributed by atoms with van der Waals surface area (Å²) in [6.07, 6.45) is 3.93. The summed E-state index contributed by atoms with van der Waals surface area (Å²) in [5.74, 6) is 0.184. The van der Waals surface area contributed by atoms with E-state index in [9.17, 15) is 14.9 Å². The molecule has 1 amide bonds. The van der Waals surface area contributed by atoms with E-state index in [4.69, 9.17) is 14.2 Å². The topological polar surface area (TPSA) is 97.6 Å². The zero-order chi connectivity index (χ0) is 22.4. The number of hydrogen-bond donors (Lipinski definition) is 1. The Bertz CT molecular complexity index is 1010. The van der Waals surface area contributed by atoms with Crippen LogP contribution in [0.5, 0.6) is 11.5 Å². The second-order valence-corrected chi connectivity index (χ2v) is 8.83. The van der Waals surface area contributed by atoms with Crippen LogP contribution in [0.1, 0.15) is 53.1 Å². The van der Waals surface area contributed by atoms with Gasteiger partial charge in [0.05, 0.1) is 24.8 Å². The van der Waals surface area contributed by atoms with E-state index in [1.165, 1.54) is 24.5 Å². The van der Waals surface area contributed by atoms with Crippen LogP contribution in [-0.2, 0) is 22.4 Å². The maximum Gasteiger partial charge on any atom is 0.338 e. The largest absolute Gasteiger partial charge is 0.493 e. The number of ether oxygens (including phenoxy) is 3. The molecule has 1 aliphatic carbocycles. The summed E-state index contributed by atoms with van der Waals surface area (Å²) in [4.78, 5) is 25.9. The van der Waals surface area contributed by atoms with Crippen LogP contribution in [0.3, 0.4) is 0 Å². The molecule has 2 aromatic rings. The van der Waals surface area contributed by atoms with Gasteiger partial charge in [0.1, 0.15) is 11.1 Å². The molecule has 0 fully saturated rings. The Labute approximate surface area is 185 Å². The van der Waals surface area contributed by atoms with Crippen LogP contribution < -0.4 is 14.8 Å². The Morgan fingerprint density at radius 3 is 2.71 bits per heavy atom. The van der Waals surface area contributed by atoms with Gasteiger partial charge < -0.3 is 19.5 Å². The highest BCUT2D eigenvalue weighted by Gasteiger charge is 2.22. The van der Waals surface area contributed by atoms with Gasteiger partial charge in [-0.25, -0.2) is 4.79 Å². The number of nitrogens with one attached hydrogen (secondary N) is 1. The standard InChI is InChI=1S/C23H26N2O5S/c1-14(2)12-29-18-9-8-15(10-19(18)28-3)23(27)30-13-21(26)25-22-17(11-24)16-6-4-5-7-20(16)31-22/h8-10,14H,4-7,12-13H2,1-3H3,(H,25,26). The number of thiophene rings is 1. The quantitative estimate of drug-likeness (QED) is 0.611. The Balaban J connectivity index is 1.60. The molecule has 0 unspecified atom stereocenters. The van der Waals surface area contributed by atoms with Crippen LogP contribution in [-0.4, -0.2) is 32.2 Å². The summed E-state index contributed by atoms with van der Waals surface area (Å²) in [5, 5.41) is 12.7. The smallest absolute Gasteiger partial charge is 0.338 e. The number of anilines is 1. The highest BCUT2D eigenvalue weighted by molar-refractivity contribution is 7.16. The van der Waals surface area contributed by atoms with E-state index >= 15 is 0 Å². The van der Waals surface area contributed by atoms with Gasteiger partial charge in [-0.15, -0.1) is 11.3 Å². The van der Waals surface area contributed by atoms with Gasteiger partial charge in [-0.3, -0.25) is 4.79 Å². The molecule has 0 atom stereocenters. The summed E-state index contributed by atoms with van der Waals surface area (Å²) < 4.78 is 16.1. The predicted molar refractivity (Wildman–Crippen MR) is 118 cm³/mol. The lowest BCUT2D eigenvalue weighted by molar-refractivity contribution is -0.119. The van der Waals surface area contributed by atoms with Gasteiger partial charge in [0.25, 0.3) is 5.91 Å². The van der Waals surface area contributed by atoms with Crippen molar-refractivity contribution in [2.45, 2.75) is 39.5 Å². The van der Waals surface area contributed by atoms with Gasteiger partial charge in [-0.2, -0.15) is 5.26 Å². The number of aryl methyl sites for hydroxylation is 1. The van der Waals surface area contributed by atoms with Crippen LogP contribution in [0.15, 0.2) is 18.2 Å². The van der Waals surface area contributed by atoms with E-state index in [-0.39, 0.29) is 5.56 Å². The number of rotatable bonds is 8. The maximum absolute atomic E-state index is 12.4. The number of methoxy groups -OCH3 is 1. The lowest BCUT2D eigenvalue weighted by Crippen LogP contribution is -2.21. The van der Waals surface area contributed by atoms with E-state index in [0.29, 0.717) is 34.6 Å². The SMILES string of the molecule is COc1cc(C(=O)OCC(=O)Nc2sc3c(c2C#N)CCCC3)ccc1OCC(C)C. The minimum absolute atomic E-state index is 0.255. The normalized spacial score (nSPS) is 12.6. The summed E-state index contributed by atoms with van der Waals surface area (Å²) in [5.41, 5.74) is 1.82. The molecular formula is C23H26N2O5S. The number of nitriles is 1. The zero-order valence-electron chi connectivity index (χ0n) is 17.9. The number of benzene rings is 1. The molecule has 164 valence electrons. The summed E-state index contributed by atoms with van der Waals surface area (Å²) in [6.45, 7) is 4.15. The second kappa shape index (κ2) is 10.3. The molecule has 31 heavy (non-hydrogen) atoms. The van der Waals surface area contributed by atoms with Crippen molar-refractivity contribution in [2.24, 2.45) is 5.92 Å². The minimum atomic E-state index is -0.644. The fourth-order valence-electron chi connectivity index (χ4n) is 3.32. The zero-order valence-corrected chi connectivity index (χ0v) is 18.8. The summed E-state index contributed by atoms with van der Waals surface area (Å²) >= 11 is 1.43. The molecule has 1 aromatic heterocycles. The Morgan fingerprint density at radius 1 is 1.23 bits per heavy atom. The van der Waals surface area contributed by atoms with E-state index in [1.807, 2.05) is 13.8 Å². The Hall–Kier alpha value is -3.05.